The molecule has 0 amide bonds. The van der Waals surface area contributed by atoms with Gasteiger partial charge in [-0.2, -0.15) is 0 Å². The Morgan fingerprint density at radius 3 is 2.52 bits per heavy atom. The van der Waals surface area contributed by atoms with Gasteiger partial charge in [0.1, 0.15) is 0 Å². The highest BCUT2D eigenvalue weighted by atomic mass is 32.2. The fourth-order valence-electron chi connectivity index (χ4n) is 3.47. The van der Waals surface area contributed by atoms with Gasteiger partial charge in [0.2, 0.25) is 0 Å². The predicted octanol–water partition coefficient (Wildman–Crippen LogP) is 4.06. The fraction of sp³-hybridized carbons (Fsp3) is 0.650. The first-order valence-corrected chi connectivity index (χ1v) is 10.6. The van der Waals surface area contributed by atoms with Gasteiger partial charge in [-0.15, -0.1) is 11.8 Å². The van der Waals surface area contributed by atoms with E-state index in [2.05, 4.69) is 48.1 Å². The Kier molecular flexibility index (Phi) is 8.62. The van der Waals surface area contributed by atoms with Crippen LogP contribution in [0.1, 0.15) is 44.6 Å². The molecule has 1 fully saturated rings. The molecule has 5 heteroatoms. The van der Waals surface area contributed by atoms with Crippen LogP contribution in [0.4, 0.5) is 0 Å². The molecule has 1 aromatic carbocycles. The Hall–Kier alpha value is -1.20. The number of thioether (sulfide) groups is 1. The lowest BCUT2D eigenvalue weighted by Gasteiger charge is -2.30. The van der Waals surface area contributed by atoms with Crippen molar-refractivity contribution in [1.82, 2.24) is 10.6 Å². The lowest BCUT2D eigenvalue weighted by molar-refractivity contribution is 0.138. The molecule has 0 bridgehead atoms. The average Bonchev–Trinajstić information content (AvgIpc) is 3.12. The molecule has 0 heterocycles. The van der Waals surface area contributed by atoms with E-state index in [1.807, 2.05) is 0 Å². The van der Waals surface area contributed by atoms with Gasteiger partial charge < -0.3 is 15.4 Å². The number of nitrogens with one attached hydrogen (secondary N) is 2. The van der Waals surface area contributed by atoms with Crippen LogP contribution in [-0.2, 0) is 11.3 Å². The van der Waals surface area contributed by atoms with E-state index in [0.29, 0.717) is 12.0 Å². The zero-order valence-corrected chi connectivity index (χ0v) is 16.8. The summed E-state index contributed by atoms with van der Waals surface area (Å²) in [5.41, 5.74) is 1.61. The van der Waals surface area contributed by atoms with E-state index in [-0.39, 0.29) is 0 Å². The predicted molar refractivity (Wildman–Crippen MR) is 108 cm³/mol. The zero-order valence-electron chi connectivity index (χ0n) is 15.9. The van der Waals surface area contributed by atoms with Gasteiger partial charge in [-0.05, 0) is 55.6 Å². The van der Waals surface area contributed by atoms with E-state index in [9.17, 15) is 0 Å². The summed E-state index contributed by atoms with van der Waals surface area (Å²) in [6, 6.07) is 8.65. The van der Waals surface area contributed by atoms with Gasteiger partial charge in [0.05, 0.1) is 6.54 Å². The number of hydrogen-bond donors (Lipinski definition) is 2. The lowest BCUT2D eigenvalue weighted by Crippen LogP contribution is -2.43. The minimum Gasteiger partial charge on any atom is -0.385 e. The largest absolute Gasteiger partial charge is 0.385 e. The Balaban J connectivity index is 1.93. The van der Waals surface area contributed by atoms with Crippen LogP contribution in [0.3, 0.4) is 0 Å². The summed E-state index contributed by atoms with van der Waals surface area (Å²) in [7, 11) is 1.80. The number of rotatable bonds is 9. The van der Waals surface area contributed by atoms with Gasteiger partial charge in [0.25, 0.3) is 0 Å². The zero-order chi connectivity index (χ0) is 18.0. The summed E-state index contributed by atoms with van der Waals surface area (Å²) in [5.74, 6) is 0.917. The quantitative estimate of drug-likeness (QED) is 0.394. The second kappa shape index (κ2) is 10.7. The minimum absolute atomic E-state index is 0.367. The third-order valence-corrected chi connectivity index (χ3v) is 5.80. The highest BCUT2D eigenvalue weighted by molar-refractivity contribution is 7.98. The Labute approximate surface area is 157 Å². The van der Waals surface area contributed by atoms with Crippen LogP contribution in [0.25, 0.3) is 0 Å². The van der Waals surface area contributed by atoms with E-state index in [1.165, 1.54) is 36.1 Å². The normalized spacial score (nSPS) is 16.8. The van der Waals surface area contributed by atoms with Crippen LogP contribution in [-0.4, -0.2) is 39.0 Å². The molecule has 1 aliphatic carbocycles. The standard InChI is InChI=1S/C20H33N3OS/c1-4-21-19(22-15-17-7-9-18(25-3)10-8-17)23-16-20(13-14-24-2)11-5-6-12-20/h7-10H,4-6,11-16H2,1-3H3,(H2,21,22,23). The molecule has 0 aliphatic heterocycles. The van der Waals surface area contributed by atoms with E-state index < -0.39 is 0 Å². The molecule has 0 aromatic heterocycles. The lowest BCUT2D eigenvalue weighted by atomic mass is 9.83. The second-order valence-electron chi connectivity index (χ2n) is 6.85. The van der Waals surface area contributed by atoms with Gasteiger partial charge in [0, 0.05) is 31.7 Å². The molecular formula is C20H33N3OS. The van der Waals surface area contributed by atoms with E-state index in [4.69, 9.17) is 9.73 Å². The summed E-state index contributed by atoms with van der Waals surface area (Å²) in [5, 5.41) is 6.96. The molecule has 0 radical (unpaired) electrons. The fourth-order valence-corrected chi connectivity index (χ4v) is 3.88. The van der Waals surface area contributed by atoms with E-state index in [0.717, 1.165) is 32.1 Å². The molecule has 2 N–H and O–H groups in total. The second-order valence-corrected chi connectivity index (χ2v) is 7.73. The molecular weight excluding hydrogens is 330 g/mol. The van der Waals surface area contributed by atoms with Crippen LogP contribution in [0.15, 0.2) is 34.2 Å². The summed E-state index contributed by atoms with van der Waals surface area (Å²) in [4.78, 5) is 6.06. The SMILES string of the molecule is CCNC(=NCc1ccc(SC)cc1)NCC1(CCOC)CCCC1. The molecule has 0 spiro atoms. The van der Waals surface area contributed by atoms with Crippen LogP contribution in [0.5, 0.6) is 0 Å². The Morgan fingerprint density at radius 2 is 1.92 bits per heavy atom. The molecule has 0 atom stereocenters. The summed E-state index contributed by atoms with van der Waals surface area (Å²) in [6.07, 6.45) is 8.48. The molecule has 1 saturated carbocycles. The monoisotopic (exact) mass is 363 g/mol. The number of ether oxygens (including phenoxy) is 1. The van der Waals surface area contributed by atoms with Gasteiger partial charge in [-0.1, -0.05) is 25.0 Å². The summed E-state index contributed by atoms with van der Waals surface area (Å²) in [6.45, 7) is 5.52. The smallest absolute Gasteiger partial charge is 0.191 e. The molecule has 25 heavy (non-hydrogen) atoms. The van der Waals surface area contributed by atoms with Gasteiger partial charge in [0.15, 0.2) is 5.96 Å². The maximum Gasteiger partial charge on any atom is 0.191 e. The number of guanidine groups is 1. The van der Waals surface area contributed by atoms with E-state index in [1.54, 1.807) is 18.9 Å². The number of benzene rings is 1. The van der Waals surface area contributed by atoms with Crippen molar-refractivity contribution in [2.75, 3.05) is 33.1 Å². The first kappa shape index (κ1) is 20.1. The third-order valence-electron chi connectivity index (χ3n) is 5.05. The van der Waals surface area contributed by atoms with Crippen LogP contribution in [0, 0.1) is 5.41 Å². The van der Waals surface area contributed by atoms with E-state index >= 15 is 0 Å². The highest BCUT2D eigenvalue weighted by Gasteiger charge is 2.33. The summed E-state index contributed by atoms with van der Waals surface area (Å²) >= 11 is 1.77. The molecule has 1 aliphatic rings. The van der Waals surface area contributed by atoms with Crippen molar-refractivity contribution in [1.29, 1.82) is 0 Å². The molecule has 1 aromatic rings. The Morgan fingerprint density at radius 1 is 1.20 bits per heavy atom. The molecule has 0 unspecified atom stereocenters. The Bertz CT molecular complexity index is 524. The maximum absolute atomic E-state index is 5.33. The minimum atomic E-state index is 0.367. The first-order chi connectivity index (χ1) is 12.2. The highest BCUT2D eigenvalue weighted by Crippen LogP contribution is 2.40. The van der Waals surface area contributed by atoms with Crippen molar-refractivity contribution < 1.29 is 4.74 Å². The van der Waals surface area contributed by atoms with Gasteiger partial charge in [-0.25, -0.2) is 4.99 Å². The van der Waals surface area contributed by atoms with Crippen LogP contribution < -0.4 is 10.6 Å². The van der Waals surface area contributed by atoms with Crippen LogP contribution in [0.2, 0.25) is 0 Å². The van der Waals surface area contributed by atoms with Crippen molar-refractivity contribution in [3.05, 3.63) is 29.8 Å². The van der Waals surface area contributed by atoms with Crippen molar-refractivity contribution in [2.45, 2.75) is 50.5 Å². The topological polar surface area (TPSA) is 45.7 Å². The summed E-state index contributed by atoms with van der Waals surface area (Å²) < 4.78 is 5.33. The van der Waals surface area contributed by atoms with Crippen molar-refractivity contribution in [3.63, 3.8) is 0 Å². The molecule has 0 saturated heterocycles. The molecule has 140 valence electrons. The van der Waals surface area contributed by atoms with Crippen molar-refractivity contribution in [3.8, 4) is 0 Å². The molecule has 2 rings (SSSR count). The number of aliphatic imine (C=N–C) groups is 1. The first-order valence-electron chi connectivity index (χ1n) is 9.35. The number of nitrogens with zero attached hydrogens (tertiary/aromatic N) is 1. The average molecular weight is 364 g/mol. The van der Waals surface area contributed by atoms with Crippen LogP contribution >= 0.6 is 11.8 Å². The van der Waals surface area contributed by atoms with Crippen molar-refractivity contribution >= 4 is 17.7 Å². The number of methoxy groups -OCH3 is 1. The maximum atomic E-state index is 5.33. The number of hydrogen-bond acceptors (Lipinski definition) is 3. The molecule has 4 nitrogen and oxygen atoms in total. The van der Waals surface area contributed by atoms with Gasteiger partial charge in [-0.3, -0.25) is 0 Å². The van der Waals surface area contributed by atoms with Gasteiger partial charge >= 0.3 is 0 Å². The third kappa shape index (κ3) is 6.55. The van der Waals surface area contributed by atoms with Crippen molar-refractivity contribution in [2.24, 2.45) is 10.4 Å².